The zero-order chi connectivity index (χ0) is 12.3. The first-order valence-electron chi connectivity index (χ1n) is 3.95. The van der Waals surface area contributed by atoms with Crippen LogP contribution in [0, 0.1) is 21.4 Å². The van der Waals surface area contributed by atoms with Crippen molar-refractivity contribution in [1.29, 1.82) is 5.26 Å². The SMILES string of the molecule is N#CCc1c(Cl)ncc([N+](=O)[O-])c1C(F)F. The van der Waals surface area contributed by atoms with Gasteiger partial charge in [-0.15, -0.1) is 0 Å². The van der Waals surface area contributed by atoms with E-state index < -0.39 is 29.0 Å². The smallest absolute Gasteiger partial charge is 0.258 e. The molecule has 0 unspecified atom stereocenters. The number of rotatable bonds is 3. The maximum absolute atomic E-state index is 12.7. The van der Waals surface area contributed by atoms with E-state index in [0.29, 0.717) is 6.20 Å². The molecule has 0 aromatic carbocycles. The largest absolute Gasteiger partial charge is 0.296 e. The highest BCUT2D eigenvalue weighted by Crippen LogP contribution is 2.34. The Morgan fingerprint density at radius 3 is 2.75 bits per heavy atom. The number of halogens is 3. The summed E-state index contributed by atoms with van der Waals surface area (Å²) >= 11 is 5.51. The average molecular weight is 248 g/mol. The second-order valence-electron chi connectivity index (χ2n) is 2.72. The lowest BCUT2D eigenvalue weighted by atomic mass is 10.1. The minimum absolute atomic E-state index is 0.298. The summed E-state index contributed by atoms with van der Waals surface area (Å²) in [4.78, 5) is 12.9. The van der Waals surface area contributed by atoms with Gasteiger partial charge in [-0.3, -0.25) is 10.1 Å². The molecule has 8 heteroatoms. The topological polar surface area (TPSA) is 79.8 Å². The predicted octanol–water partition coefficient (Wildman–Crippen LogP) is 2.65. The molecule has 0 spiro atoms. The standard InChI is InChI=1S/C8H4ClF2N3O2/c9-7-4(1-2-12)6(8(10)11)5(3-13-7)14(15)16/h3,8H,1H2. The fourth-order valence-corrected chi connectivity index (χ4v) is 1.38. The molecule has 5 nitrogen and oxygen atoms in total. The summed E-state index contributed by atoms with van der Waals surface area (Å²) < 4.78 is 25.3. The van der Waals surface area contributed by atoms with E-state index in [1.54, 1.807) is 6.07 Å². The van der Waals surface area contributed by atoms with Gasteiger partial charge in [0.15, 0.2) is 0 Å². The maximum Gasteiger partial charge on any atom is 0.296 e. The molecule has 1 aromatic heterocycles. The Morgan fingerprint density at radius 1 is 1.69 bits per heavy atom. The highest BCUT2D eigenvalue weighted by atomic mass is 35.5. The molecule has 0 saturated carbocycles. The number of alkyl halides is 2. The molecule has 0 saturated heterocycles. The van der Waals surface area contributed by atoms with E-state index in [2.05, 4.69) is 4.98 Å². The highest BCUT2D eigenvalue weighted by Gasteiger charge is 2.27. The summed E-state index contributed by atoms with van der Waals surface area (Å²) in [5.74, 6) is 0. The Balaban J connectivity index is 3.51. The van der Waals surface area contributed by atoms with E-state index >= 15 is 0 Å². The van der Waals surface area contributed by atoms with Crippen molar-refractivity contribution in [2.75, 3.05) is 0 Å². The molecular weight excluding hydrogens is 244 g/mol. The predicted molar refractivity (Wildman–Crippen MR) is 50.2 cm³/mol. The lowest BCUT2D eigenvalue weighted by Gasteiger charge is -2.07. The molecule has 1 rings (SSSR count). The fourth-order valence-electron chi connectivity index (χ4n) is 1.17. The van der Waals surface area contributed by atoms with Crippen LogP contribution < -0.4 is 0 Å². The number of hydrogen-bond donors (Lipinski definition) is 0. The zero-order valence-electron chi connectivity index (χ0n) is 7.65. The molecule has 0 aliphatic heterocycles. The Hall–Kier alpha value is -1.81. The lowest BCUT2D eigenvalue weighted by molar-refractivity contribution is -0.386. The number of nitriles is 1. The summed E-state index contributed by atoms with van der Waals surface area (Å²) in [5.41, 5.74) is -1.97. The highest BCUT2D eigenvalue weighted by molar-refractivity contribution is 6.30. The number of nitro groups is 1. The van der Waals surface area contributed by atoms with Crippen LogP contribution in [0.25, 0.3) is 0 Å². The Kier molecular flexibility index (Phi) is 3.68. The minimum atomic E-state index is -3.08. The van der Waals surface area contributed by atoms with Crippen LogP contribution in [0.1, 0.15) is 17.6 Å². The van der Waals surface area contributed by atoms with Crippen molar-refractivity contribution in [3.8, 4) is 6.07 Å². The Labute approximate surface area is 93.4 Å². The van der Waals surface area contributed by atoms with Crippen molar-refractivity contribution in [3.63, 3.8) is 0 Å². The zero-order valence-corrected chi connectivity index (χ0v) is 8.41. The molecular formula is C8H4ClF2N3O2. The molecule has 84 valence electrons. The Morgan fingerprint density at radius 2 is 2.31 bits per heavy atom. The van der Waals surface area contributed by atoms with Gasteiger partial charge < -0.3 is 0 Å². The van der Waals surface area contributed by atoms with E-state index in [9.17, 15) is 18.9 Å². The van der Waals surface area contributed by atoms with Crippen LogP contribution in [0.5, 0.6) is 0 Å². The van der Waals surface area contributed by atoms with Gasteiger partial charge in [0.2, 0.25) is 0 Å². The van der Waals surface area contributed by atoms with Crippen molar-refractivity contribution < 1.29 is 13.7 Å². The second kappa shape index (κ2) is 4.81. The molecule has 0 amide bonds. The molecule has 0 aliphatic carbocycles. The van der Waals surface area contributed by atoms with Crippen LogP contribution in [-0.2, 0) is 6.42 Å². The van der Waals surface area contributed by atoms with E-state index in [0.717, 1.165) is 0 Å². The van der Waals surface area contributed by atoms with Crippen LogP contribution in [0.15, 0.2) is 6.20 Å². The molecule has 0 N–H and O–H groups in total. The number of nitrogens with zero attached hydrogens (tertiary/aromatic N) is 3. The van der Waals surface area contributed by atoms with Crippen LogP contribution >= 0.6 is 11.6 Å². The van der Waals surface area contributed by atoms with Crippen molar-refractivity contribution in [2.45, 2.75) is 12.8 Å². The molecule has 1 heterocycles. The van der Waals surface area contributed by atoms with Crippen molar-refractivity contribution in [3.05, 3.63) is 32.6 Å². The maximum atomic E-state index is 12.7. The van der Waals surface area contributed by atoms with Gasteiger partial charge in [-0.2, -0.15) is 5.26 Å². The molecule has 0 radical (unpaired) electrons. The average Bonchev–Trinajstić information content (AvgIpc) is 2.20. The van der Waals surface area contributed by atoms with Gasteiger partial charge in [0.05, 0.1) is 17.4 Å². The van der Waals surface area contributed by atoms with Crippen LogP contribution in [0.3, 0.4) is 0 Å². The molecule has 0 aliphatic rings. The van der Waals surface area contributed by atoms with Gasteiger partial charge in [0.25, 0.3) is 12.1 Å². The molecule has 0 bridgehead atoms. The third-order valence-corrected chi connectivity index (χ3v) is 2.15. The van der Waals surface area contributed by atoms with Gasteiger partial charge in [-0.1, -0.05) is 11.6 Å². The summed E-state index contributed by atoms with van der Waals surface area (Å²) in [6.45, 7) is 0. The normalized spacial score (nSPS) is 10.2. The third kappa shape index (κ3) is 2.23. The van der Waals surface area contributed by atoms with Gasteiger partial charge in [0, 0.05) is 5.56 Å². The van der Waals surface area contributed by atoms with Crippen molar-refractivity contribution in [1.82, 2.24) is 4.98 Å². The van der Waals surface area contributed by atoms with Gasteiger partial charge in [-0.25, -0.2) is 13.8 Å². The minimum Gasteiger partial charge on any atom is -0.258 e. The summed E-state index contributed by atoms with van der Waals surface area (Å²) in [5, 5.41) is 18.6. The lowest BCUT2D eigenvalue weighted by Crippen LogP contribution is -2.03. The van der Waals surface area contributed by atoms with E-state index in [1.807, 2.05) is 0 Å². The number of aromatic nitrogens is 1. The molecule has 0 fully saturated rings. The monoisotopic (exact) mass is 247 g/mol. The first-order valence-corrected chi connectivity index (χ1v) is 4.33. The van der Waals surface area contributed by atoms with Crippen molar-refractivity contribution >= 4 is 17.3 Å². The van der Waals surface area contributed by atoms with Gasteiger partial charge >= 0.3 is 0 Å². The van der Waals surface area contributed by atoms with Crippen LogP contribution in [0.2, 0.25) is 5.15 Å². The van der Waals surface area contributed by atoms with Gasteiger partial charge in [0.1, 0.15) is 16.9 Å². The fraction of sp³-hybridized carbons (Fsp3) is 0.250. The van der Waals surface area contributed by atoms with E-state index in [1.165, 1.54) is 0 Å². The molecule has 1 aromatic rings. The number of hydrogen-bond acceptors (Lipinski definition) is 4. The van der Waals surface area contributed by atoms with Crippen LogP contribution in [0.4, 0.5) is 14.5 Å². The molecule has 0 atom stereocenters. The summed E-state index contributed by atoms with van der Waals surface area (Å²) in [6.07, 6.45) is -2.87. The van der Waals surface area contributed by atoms with E-state index in [4.69, 9.17) is 16.9 Å². The first-order chi connectivity index (χ1) is 7.49. The quantitative estimate of drug-likeness (QED) is 0.467. The van der Waals surface area contributed by atoms with Crippen LogP contribution in [-0.4, -0.2) is 9.91 Å². The number of pyridine rings is 1. The summed E-state index contributed by atoms with van der Waals surface area (Å²) in [7, 11) is 0. The first kappa shape index (κ1) is 12.3. The summed E-state index contributed by atoms with van der Waals surface area (Å²) in [6, 6.07) is 1.61. The molecule has 16 heavy (non-hydrogen) atoms. The van der Waals surface area contributed by atoms with Crippen molar-refractivity contribution in [2.24, 2.45) is 0 Å². The third-order valence-electron chi connectivity index (χ3n) is 1.82. The second-order valence-corrected chi connectivity index (χ2v) is 3.08. The Bertz CT molecular complexity index is 473. The van der Waals surface area contributed by atoms with Gasteiger partial charge in [-0.05, 0) is 0 Å². The van der Waals surface area contributed by atoms with E-state index in [-0.39, 0.29) is 10.7 Å².